The summed E-state index contributed by atoms with van der Waals surface area (Å²) in [5.41, 5.74) is 4.63. The second-order valence-corrected chi connectivity index (χ2v) is 12.3. The van der Waals surface area contributed by atoms with E-state index < -0.39 is 0 Å². The molecule has 0 bridgehead atoms. The Morgan fingerprint density at radius 3 is 0.950 bits per heavy atom. The fraction of sp³-hybridized carbons (Fsp3) is 0.375. The molecule has 210 valence electrons. The maximum atomic E-state index is 4.51. The fourth-order valence-corrected chi connectivity index (χ4v) is 6.45. The minimum atomic E-state index is 0.975. The van der Waals surface area contributed by atoms with Crippen molar-refractivity contribution in [3.63, 3.8) is 0 Å². The molecule has 0 saturated carbocycles. The first-order valence-electron chi connectivity index (χ1n) is 14.1. The molecule has 0 aliphatic heterocycles. The molecule has 0 unspecified atom stereocenters. The van der Waals surface area contributed by atoms with Crippen LogP contribution in [0.5, 0.6) is 0 Å². The van der Waals surface area contributed by atoms with Gasteiger partial charge in [0.15, 0.2) is 0 Å². The highest BCUT2D eigenvalue weighted by Crippen LogP contribution is 2.21. The largest absolute Gasteiger partial charge is 0.302 e. The van der Waals surface area contributed by atoms with Gasteiger partial charge in [-0.05, 0) is 48.5 Å². The third-order valence-electron chi connectivity index (χ3n) is 6.71. The normalized spacial score (nSPS) is 11.3. The van der Waals surface area contributed by atoms with Gasteiger partial charge in [0, 0.05) is 124 Å². The second-order valence-electron chi connectivity index (χ2n) is 9.61. The van der Waals surface area contributed by atoms with Gasteiger partial charge < -0.3 is 9.80 Å². The lowest BCUT2D eigenvalue weighted by molar-refractivity contribution is 0.296. The summed E-state index contributed by atoms with van der Waals surface area (Å²) < 4.78 is 0. The molecule has 6 nitrogen and oxygen atoms in total. The van der Waals surface area contributed by atoms with Gasteiger partial charge in [-0.2, -0.15) is 0 Å². The monoisotopic (exact) mass is 572 g/mol. The van der Waals surface area contributed by atoms with Crippen LogP contribution in [0.25, 0.3) is 0 Å². The topological polar surface area (TPSA) is 58.0 Å². The number of hydrogen-bond donors (Lipinski definition) is 0. The van der Waals surface area contributed by atoms with E-state index in [9.17, 15) is 0 Å². The first kappa shape index (κ1) is 30.2. The van der Waals surface area contributed by atoms with Crippen molar-refractivity contribution in [2.75, 3.05) is 50.8 Å². The number of nitrogens with zero attached hydrogens (tertiary/aromatic N) is 6. The third-order valence-corrected chi connectivity index (χ3v) is 9.07. The Labute approximate surface area is 247 Å². The molecule has 8 heteroatoms. The molecule has 4 aromatic rings. The zero-order valence-corrected chi connectivity index (χ0v) is 24.9. The molecular weight excluding hydrogens is 533 g/mol. The quantitative estimate of drug-likeness (QED) is 0.108. The zero-order chi connectivity index (χ0) is 27.5. The Morgan fingerprint density at radius 2 is 0.700 bits per heavy atom. The summed E-state index contributed by atoms with van der Waals surface area (Å²) in [7, 11) is 3.98. The van der Waals surface area contributed by atoms with E-state index >= 15 is 0 Å². The molecule has 0 N–H and O–H groups in total. The summed E-state index contributed by atoms with van der Waals surface area (Å²) in [6.45, 7) is 6.21. The van der Waals surface area contributed by atoms with E-state index in [4.69, 9.17) is 0 Å². The number of aromatic nitrogens is 4. The van der Waals surface area contributed by atoms with Crippen LogP contribution in [-0.4, -0.2) is 80.5 Å². The van der Waals surface area contributed by atoms with Crippen molar-refractivity contribution in [3.8, 4) is 0 Å². The van der Waals surface area contributed by atoms with E-state index in [0.717, 1.165) is 99.2 Å². The van der Waals surface area contributed by atoms with Crippen LogP contribution in [0.4, 0.5) is 0 Å². The predicted molar refractivity (Wildman–Crippen MR) is 170 cm³/mol. The average Bonchev–Trinajstić information content (AvgIpc) is 3.02. The summed E-state index contributed by atoms with van der Waals surface area (Å²) in [6, 6.07) is 24.7. The van der Waals surface area contributed by atoms with E-state index in [1.807, 2.05) is 70.6 Å². The van der Waals surface area contributed by atoms with Crippen LogP contribution < -0.4 is 0 Å². The van der Waals surface area contributed by atoms with Gasteiger partial charge in [-0.1, -0.05) is 45.9 Å². The third kappa shape index (κ3) is 12.2. The molecule has 0 aliphatic rings. The first-order valence-corrected chi connectivity index (χ1v) is 16.6. The highest BCUT2D eigenvalue weighted by atomic mass is 33.1. The molecule has 4 rings (SSSR count). The molecule has 0 saturated heterocycles. The lowest BCUT2D eigenvalue weighted by atomic mass is 10.2. The van der Waals surface area contributed by atoms with E-state index in [1.54, 1.807) is 0 Å². The van der Waals surface area contributed by atoms with Crippen molar-refractivity contribution in [1.29, 1.82) is 0 Å². The molecular formula is C32H40N6S2. The van der Waals surface area contributed by atoms with Gasteiger partial charge in [-0.15, -0.1) is 0 Å². The molecule has 0 aliphatic carbocycles. The molecule has 0 spiro atoms. The molecule has 0 amide bonds. The van der Waals surface area contributed by atoms with Crippen LogP contribution in [0.3, 0.4) is 0 Å². The summed E-state index contributed by atoms with van der Waals surface area (Å²) in [5, 5.41) is 0. The molecule has 4 aromatic heterocycles. The van der Waals surface area contributed by atoms with E-state index in [0.29, 0.717) is 0 Å². The Morgan fingerprint density at radius 1 is 0.400 bits per heavy atom. The molecule has 0 aromatic carbocycles. The van der Waals surface area contributed by atoms with Gasteiger partial charge in [0.1, 0.15) is 0 Å². The minimum Gasteiger partial charge on any atom is -0.302 e. The second kappa shape index (κ2) is 18.5. The molecule has 40 heavy (non-hydrogen) atoms. The Kier molecular flexibility index (Phi) is 14.0. The highest BCUT2D eigenvalue weighted by molar-refractivity contribution is 8.76. The number of pyridine rings is 4. The van der Waals surface area contributed by atoms with E-state index in [1.165, 1.54) is 0 Å². The maximum Gasteiger partial charge on any atom is 0.0416 e. The average molecular weight is 573 g/mol. The molecule has 0 radical (unpaired) electrons. The van der Waals surface area contributed by atoms with Crippen molar-refractivity contribution in [1.82, 2.24) is 29.7 Å². The molecule has 0 fully saturated rings. The fourth-order valence-electron chi connectivity index (χ4n) is 4.40. The SMILES string of the molecule is c1ccc(CCN(CCSSCCN(CCc2ccccn2)CCc2ccccn2)CCc2ccccn2)nc1. The maximum absolute atomic E-state index is 4.51. The Hall–Kier alpha value is -2.78. The van der Waals surface area contributed by atoms with Crippen molar-refractivity contribution in [3.05, 3.63) is 120 Å². The first-order chi connectivity index (χ1) is 19.8. The van der Waals surface area contributed by atoms with Crippen molar-refractivity contribution < 1.29 is 0 Å². The summed E-state index contributed by atoms with van der Waals surface area (Å²) >= 11 is 0. The van der Waals surface area contributed by atoms with Gasteiger partial charge >= 0.3 is 0 Å². The number of rotatable bonds is 19. The Balaban J connectivity index is 1.19. The zero-order valence-electron chi connectivity index (χ0n) is 23.2. The van der Waals surface area contributed by atoms with Gasteiger partial charge in [0.05, 0.1) is 0 Å². The van der Waals surface area contributed by atoms with E-state index in [-0.39, 0.29) is 0 Å². The van der Waals surface area contributed by atoms with Gasteiger partial charge in [-0.3, -0.25) is 19.9 Å². The van der Waals surface area contributed by atoms with Gasteiger partial charge in [-0.25, -0.2) is 0 Å². The number of hydrogen-bond acceptors (Lipinski definition) is 8. The van der Waals surface area contributed by atoms with Crippen LogP contribution in [0.2, 0.25) is 0 Å². The van der Waals surface area contributed by atoms with Crippen LogP contribution >= 0.6 is 21.6 Å². The van der Waals surface area contributed by atoms with E-state index in [2.05, 4.69) is 78.3 Å². The molecule has 4 heterocycles. The Bertz CT molecular complexity index is 987. The molecule has 0 atom stereocenters. The highest BCUT2D eigenvalue weighted by Gasteiger charge is 2.10. The van der Waals surface area contributed by atoms with Crippen LogP contribution in [0.1, 0.15) is 22.8 Å². The standard InChI is InChI=1S/C32H40N6S2/c1-5-17-33-29(9-1)13-21-37(22-14-30-10-2-6-18-34-30)25-27-39-40-28-26-38(23-15-31-11-3-7-19-35-31)24-16-32-12-4-8-20-36-32/h1-12,17-20H,13-16,21-28H2. The minimum absolute atomic E-state index is 0.975. The van der Waals surface area contributed by atoms with Crippen molar-refractivity contribution in [2.45, 2.75) is 25.7 Å². The summed E-state index contributed by atoms with van der Waals surface area (Å²) in [5.74, 6) is 2.22. The summed E-state index contributed by atoms with van der Waals surface area (Å²) in [4.78, 5) is 23.2. The lowest BCUT2D eigenvalue weighted by Gasteiger charge is -2.23. The van der Waals surface area contributed by atoms with Gasteiger partial charge in [0.25, 0.3) is 0 Å². The lowest BCUT2D eigenvalue weighted by Crippen LogP contribution is -2.31. The van der Waals surface area contributed by atoms with Crippen molar-refractivity contribution in [2.24, 2.45) is 0 Å². The van der Waals surface area contributed by atoms with Crippen molar-refractivity contribution >= 4 is 21.6 Å². The van der Waals surface area contributed by atoms with Crippen LogP contribution in [-0.2, 0) is 25.7 Å². The smallest absolute Gasteiger partial charge is 0.0416 e. The van der Waals surface area contributed by atoms with Gasteiger partial charge in [0.2, 0.25) is 0 Å². The predicted octanol–water partition coefficient (Wildman–Crippen LogP) is 5.52. The van der Waals surface area contributed by atoms with Crippen LogP contribution in [0.15, 0.2) is 97.6 Å². The summed E-state index contributed by atoms with van der Waals surface area (Å²) in [6.07, 6.45) is 11.4. The van der Waals surface area contributed by atoms with Crippen LogP contribution in [0, 0.1) is 0 Å².